The second kappa shape index (κ2) is 7.08. The summed E-state index contributed by atoms with van der Waals surface area (Å²) in [5.41, 5.74) is -0.819. The molecule has 1 unspecified atom stereocenters. The van der Waals surface area contributed by atoms with E-state index < -0.39 is 17.8 Å². The van der Waals surface area contributed by atoms with Gasteiger partial charge in [-0.25, -0.2) is 4.79 Å². The maximum Gasteiger partial charge on any atom is 0.416 e. The van der Waals surface area contributed by atoms with Crippen LogP contribution in [0.25, 0.3) is 0 Å². The molecule has 1 aliphatic rings. The Morgan fingerprint density at radius 2 is 2.22 bits per heavy atom. The molecule has 0 aliphatic carbocycles. The largest absolute Gasteiger partial charge is 0.497 e. The number of benzene rings is 1. The number of amides is 2. The van der Waals surface area contributed by atoms with E-state index in [0.717, 1.165) is 6.07 Å². The van der Waals surface area contributed by atoms with E-state index >= 15 is 0 Å². The highest BCUT2D eigenvalue weighted by molar-refractivity contribution is 5.74. The predicted molar refractivity (Wildman–Crippen MR) is 77.2 cm³/mol. The molecule has 1 aromatic rings. The van der Waals surface area contributed by atoms with Crippen LogP contribution in [0.2, 0.25) is 0 Å². The number of nitrogens with one attached hydrogen (secondary N) is 1. The first kappa shape index (κ1) is 17.4. The quantitative estimate of drug-likeness (QED) is 0.926. The summed E-state index contributed by atoms with van der Waals surface area (Å²) in [6, 6.07) is 3.28. The molecule has 23 heavy (non-hydrogen) atoms. The normalized spacial score (nSPS) is 18.7. The Morgan fingerprint density at radius 3 is 2.83 bits per heavy atom. The van der Waals surface area contributed by atoms with E-state index in [4.69, 9.17) is 9.47 Å². The minimum atomic E-state index is -4.51. The Morgan fingerprint density at radius 1 is 1.48 bits per heavy atom. The molecule has 5 nitrogen and oxygen atoms in total. The molecule has 1 atom stereocenters. The summed E-state index contributed by atoms with van der Waals surface area (Å²) in [6.07, 6.45) is -4.59. The molecule has 0 aromatic heterocycles. The molecule has 1 saturated heterocycles. The summed E-state index contributed by atoms with van der Waals surface area (Å²) in [5, 5.41) is 2.53. The van der Waals surface area contributed by atoms with E-state index in [0.29, 0.717) is 19.7 Å². The van der Waals surface area contributed by atoms with Crippen LogP contribution in [0.3, 0.4) is 0 Å². The lowest BCUT2D eigenvalue weighted by atomic mass is 10.1. The van der Waals surface area contributed by atoms with Crippen molar-refractivity contribution in [1.82, 2.24) is 10.2 Å². The first-order valence-electron chi connectivity index (χ1n) is 7.19. The molecule has 1 heterocycles. The van der Waals surface area contributed by atoms with Crippen molar-refractivity contribution < 1.29 is 27.4 Å². The van der Waals surface area contributed by atoms with Gasteiger partial charge in [-0.3, -0.25) is 0 Å². The highest BCUT2D eigenvalue weighted by Crippen LogP contribution is 2.34. The number of urea groups is 1. The zero-order valence-corrected chi connectivity index (χ0v) is 12.9. The van der Waals surface area contributed by atoms with E-state index in [-0.39, 0.29) is 24.0 Å². The topological polar surface area (TPSA) is 50.8 Å². The number of hydrogen-bond acceptors (Lipinski definition) is 3. The maximum atomic E-state index is 13.1. The van der Waals surface area contributed by atoms with E-state index in [9.17, 15) is 18.0 Å². The van der Waals surface area contributed by atoms with Crippen molar-refractivity contribution in [2.24, 2.45) is 0 Å². The van der Waals surface area contributed by atoms with Gasteiger partial charge >= 0.3 is 12.2 Å². The van der Waals surface area contributed by atoms with E-state index in [1.54, 1.807) is 0 Å². The van der Waals surface area contributed by atoms with Crippen molar-refractivity contribution in [3.63, 3.8) is 0 Å². The van der Waals surface area contributed by atoms with Crippen LogP contribution in [0.5, 0.6) is 5.75 Å². The molecule has 1 N–H and O–H groups in total. The average molecular weight is 332 g/mol. The van der Waals surface area contributed by atoms with Crippen LogP contribution in [0.1, 0.15) is 18.1 Å². The molecule has 128 valence electrons. The number of nitrogens with zero attached hydrogens (tertiary/aromatic N) is 1. The third kappa shape index (κ3) is 4.51. The second-order valence-electron chi connectivity index (χ2n) is 5.31. The van der Waals surface area contributed by atoms with Gasteiger partial charge in [0.05, 0.1) is 25.4 Å². The fourth-order valence-corrected chi connectivity index (χ4v) is 2.39. The van der Waals surface area contributed by atoms with E-state index in [1.807, 2.05) is 6.92 Å². The van der Waals surface area contributed by atoms with Crippen molar-refractivity contribution in [2.45, 2.75) is 25.7 Å². The van der Waals surface area contributed by atoms with Crippen LogP contribution in [-0.2, 0) is 17.5 Å². The van der Waals surface area contributed by atoms with Crippen LogP contribution in [0.15, 0.2) is 18.2 Å². The molecule has 1 fully saturated rings. The number of carbonyl (C=O) groups excluding carboxylic acids is 1. The van der Waals surface area contributed by atoms with Crippen LogP contribution in [-0.4, -0.2) is 43.8 Å². The molecule has 1 aromatic carbocycles. The maximum absolute atomic E-state index is 13.1. The molecule has 8 heteroatoms. The van der Waals surface area contributed by atoms with Gasteiger partial charge in [0, 0.05) is 19.6 Å². The smallest absolute Gasteiger partial charge is 0.416 e. The van der Waals surface area contributed by atoms with E-state index in [2.05, 4.69) is 5.32 Å². The molecule has 0 saturated carbocycles. The zero-order valence-electron chi connectivity index (χ0n) is 12.9. The lowest BCUT2D eigenvalue weighted by Gasteiger charge is -2.31. The van der Waals surface area contributed by atoms with Crippen molar-refractivity contribution in [1.29, 1.82) is 0 Å². The number of hydrogen-bond donors (Lipinski definition) is 1. The molecular formula is C15H19F3N2O3. The fraction of sp³-hybridized carbons (Fsp3) is 0.533. The first-order chi connectivity index (χ1) is 10.8. The molecule has 2 amide bonds. The number of halogens is 3. The number of morpholine rings is 1. The highest BCUT2D eigenvalue weighted by atomic mass is 19.4. The third-order valence-corrected chi connectivity index (χ3v) is 3.58. The lowest BCUT2D eigenvalue weighted by Crippen LogP contribution is -2.48. The van der Waals surface area contributed by atoms with Gasteiger partial charge in [-0.05, 0) is 24.6 Å². The zero-order chi connectivity index (χ0) is 17.0. The Labute approximate surface area is 132 Å². The van der Waals surface area contributed by atoms with E-state index in [1.165, 1.54) is 24.1 Å². The number of carbonyl (C=O) groups is 1. The van der Waals surface area contributed by atoms with Crippen LogP contribution < -0.4 is 10.1 Å². The standard InChI is InChI=1S/C15H19F3N2O3/c1-10-9-20(5-6-23-10)14(21)19-8-11-3-4-12(22-2)7-13(11)15(16,17)18/h3-4,7,10H,5-6,8-9H2,1-2H3,(H,19,21). The van der Waals surface area contributed by atoms with Crippen LogP contribution in [0, 0.1) is 0 Å². The number of methoxy groups -OCH3 is 1. The van der Waals surface area contributed by atoms with Crippen molar-refractivity contribution in [3.8, 4) is 5.75 Å². The molecule has 0 spiro atoms. The molecular weight excluding hydrogens is 313 g/mol. The van der Waals surface area contributed by atoms with Gasteiger partial charge in [0.25, 0.3) is 0 Å². The minimum Gasteiger partial charge on any atom is -0.497 e. The Balaban J connectivity index is 2.06. The van der Waals surface area contributed by atoms with Gasteiger partial charge in [-0.1, -0.05) is 6.07 Å². The van der Waals surface area contributed by atoms with Crippen LogP contribution >= 0.6 is 0 Å². The van der Waals surface area contributed by atoms with Gasteiger partial charge < -0.3 is 19.7 Å². The molecule has 0 radical (unpaired) electrons. The van der Waals surface area contributed by atoms with Gasteiger partial charge in [0.1, 0.15) is 5.75 Å². The van der Waals surface area contributed by atoms with Crippen molar-refractivity contribution >= 4 is 6.03 Å². The number of ether oxygens (including phenoxy) is 2. The van der Waals surface area contributed by atoms with Crippen LogP contribution in [0.4, 0.5) is 18.0 Å². The molecule has 0 bridgehead atoms. The lowest BCUT2D eigenvalue weighted by molar-refractivity contribution is -0.138. The Kier molecular flexibility index (Phi) is 5.35. The summed E-state index contributed by atoms with van der Waals surface area (Å²) in [4.78, 5) is 13.6. The van der Waals surface area contributed by atoms with Crippen molar-refractivity contribution in [3.05, 3.63) is 29.3 Å². The molecule has 2 rings (SSSR count). The summed E-state index contributed by atoms with van der Waals surface area (Å²) in [6.45, 7) is 2.89. The first-order valence-corrected chi connectivity index (χ1v) is 7.19. The SMILES string of the molecule is COc1ccc(CNC(=O)N2CCOC(C)C2)c(C(F)(F)F)c1. The highest BCUT2D eigenvalue weighted by Gasteiger charge is 2.34. The average Bonchev–Trinajstić information content (AvgIpc) is 2.51. The Bertz CT molecular complexity index is 563. The Hall–Kier alpha value is -1.96. The number of rotatable bonds is 3. The summed E-state index contributed by atoms with van der Waals surface area (Å²) in [7, 11) is 1.30. The third-order valence-electron chi connectivity index (χ3n) is 3.58. The summed E-state index contributed by atoms with van der Waals surface area (Å²) in [5.74, 6) is 0.120. The summed E-state index contributed by atoms with van der Waals surface area (Å²) >= 11 is 0. The van der Waals surface area contributed by atoms with Gasteiger partial charge in [-0.2, -0.15) is 13.2 Å². The second-order valence-corrected chi connectivity index (χ2v) is 5.31. The van der Waals surface area contributed by atoms with Gasteiger partial charge in [0.15, 0.2) is 0 Å². The number of alkyl halides is 3. The van der Waals surface area contributed by atoms with Crippen molar-refractivity contribution in [2.75, 3.05) is 26.8 Å². The predicted octanol–water partition coefficient (Wildman–Crippen LogP) is 2.64. The monoisotopic (exact) mass is 332 g/mol. The minimum absolute atomic E-state index is 0.00652. The molecule has 1 aliphatic heterocycles. The summed E-state index contributed by atoms with van der Waals surface area (Å²) < 4.78 is 49.5. The van der Waals surface area contributed by atoms with Gasteiger partial charge in [0.2, 0.25) is 0 Å². The fourth-order valence-electron chi connectivity index (χ4n) is 2.39. The van der Waals surface area contributed by atoms with Gasteiger partial charge in [-0.15, -0.1) is 0 Å².